The van der Waals surface area contributed by atoms with Gasteiger partial charge in [0, 0.05) is 10.6 Å². The first-order valence-electron chi connectivity index (χ1n) is 10.3. The number of nitrogens with one attached hydrogen (secondary N) is 1. The van der Waals surface area contributed by atoms with E-state index in [-0.39, 0.29) is 18.5 Å². The molecule has 5 rings (SSSR count). The first-order valence-corrected chi connectivity index (χ1v) is 11.2. The number of amides is 4. The van der Waals surface area contributed by atoms with E-state index >= 15 is 0 Å². The summed E-state index contributed by atoms with van der Waals surface area (Å²) < 4.78 is 5.37. The molecular formula is C24H21N3O4S. The quantitative estimate of drug-likeness (QED) is 0.613. The Morgan fingerprint density at radius 2 is 1.84 bits per heavy atom. The van der Waals surface area contributed by atoms with E-state index in [2.05, 4.69) is 5.32 Å². The standard InChI is InChI=1S/C24H21N3O4S/c1-24(20-12-7-13-31-20)22(29)26(23(30)25-24)14-21(28)27-17-10-5-6-11-19(17)32-15-18(27)16-8-3-2-4-9-16/h2-13,18H,14-15H2,1H3,(H,25,30)/t18-,24-/m1/s1. The highest BCUT2D eigenvalue weighted by Crippen LogP contribution is 2.43. The van der Waals surface area contributed by atoms with Crippen LogP contribution >= 0.6 is 11.8 Å². The van der Waals surface area contributed by atoms with Crippen molar-refractivity contribution in [2.24, 2.45) is 0 Å². The topological polar surface area (TPSA) is 82.9 Å². The molecule has 3 aromatic rings. The Kier molecular flexibility index (Phi) is 5.01. The van der Waals surface area contributed by atoms with Crippen molar-refractivity contribution < 1.29 is 18.8 Å². The van der Waals surface area contributed by atoms with Gasteiger partial charge in [-0.3, -0.25) is 14.5 Å². The molecule has 4 amide bonds. The number of carbonyl (C=O) groups excluding carboxylic acids is 3. The van der Waals surface area contributed by atoms with Gasteiger partial charge in [-0.25, -0.2) is 4.79 Å². The molecule has 0 aliphatic carbocycles. The van der Waals surface area contributed by atoms with Crippen LogP contribution in [0.5, 0.6) is 0 Å². The van der Waals surface area contributed by atoms with Crippen LogP contribution in [-0.4, -0.2) is 35.0 Å². The third-order valence-electron chi connectivity index (χ3n) is 5.87. The molecule has 3 heterocycles. The van der Waals surface area contributed by atoms with Crippen molar-refractivity contribution in [1.82, 2.24) is 10.2 Å². The lowest BCUT2D eigenvalue weighted by atomic mass is 9.99. The van der Waals surface area contributed by atoms with E-state index in [4.69, 9.17) is 4.42 Å². The van der Waals surface area contributed by atoms with E-state index < -0.39 is 17.5 Å². The second-order valence-corrected chi connectivity index (χ2v) is 8.95. The summed E-state index contributed by atoms with van der Waals surface area (Å²) in [6, 6.07) is 19.9. The number of imide groups is 1. The van der Waals surface area contributed by atoms with Crippen molar-refractivity contribution in [2.75, 3.05) is 17.2 Å². The minimum Gasteiger partial charge on any atom is -0.466 e. The molecule has 1 fully saturated rings. The normalized spacial score (nSPS) is 22.6. The summed E-state index contributed by atoms with van der Waals surface area (Å²) in [5.74, 6) is 0.171. The summed E-state index contributed by atoms with van der Waals surface area (Å²) in [6.07, 6.45) is 1.45. The second-order valence-electron chi connectivity index (χ2n) is 7.89. The highest BCUT2D eigenvalue weighted by molar-refractivity contribution is 7.99. The van der Waals surface area contributed by atoms with Gasteiger partial charge in [0.05, 0.1) is 18.0 Å². The second kappa shape index (κ2) is 7.87. The first-order chi connectivity index (χ1) is 15.5. The van der Waals surface area contributed by atoms with Crippen LogP contribution in [0.25, 0.3) is 0 Å². The summed E-state index contributed by atoms with van der Waals surface area (Å²) >= 11 is 1.69. The summed E-state index contributed by atoms with van der Waals surface area (Å²) in [4.78, 5) is 43.1. The van der Waals surface area contributed by atoms with E-state index in [1.54, 1.807) is 35.7 Å². The Bertz CT molecular complexity index is 1180. The van der Waals surface area contributed by atoms with Gasteiger partial charge in [-0.2, -0.15) is 0 Å². The number of rotatable bonds is 4. The molecule has 1 saturated heterocycles. The number of urea groups is 1. The maximum absolute atomic E-state index is 13.6. The van der Waals surface area contributed by atoms with Crippen LogP contribution in [0.3, 0.4) is 0 Å². The SMILES string of the molecule is C[C@]1(c2ccco2)NC(=O)N(CC(=O)N2c3ccccc3SC[C@@H]2c2ccccc2)C1=O. The van der Waals surface area contributed by atoms with Crippen LogP contribution in [0.1, 0.15) is 24.3 Å². The number of fused-ring (bicyclic) bond motifs is 1. The van der Waals surface area contributed by atoms with Crippen LogP contribution in [0.2, 0.25) is 0 Å². The van der Waals surface area contributed by atoms with Gasteiger partial charge < -0.3 is 14.6 Å². The molecule has 8 heteroatoms. The Labute approximate surface area is 189 Å². The summed E-state index contributed by atoms with van der Waals surface area (Å²) in [7, 11) is 0. The van der Waals surface area contributed by atoms with Gasteiger partial charge in [0.15, 0.2) is 5.54 Å². The minimum atomic E-state index is -1.34. The fourth-order valence-corrected chi connectivity index (χ4v) is 5.37. The van der Waals surface area contributed by atoms with E-state index in [1.807, 2.05) is 54.6 Å². The van der Waals surface area contributed by atoms with E-state index in [0.717, 1.165) is 21.0 Å². The van der Waals surface area contributed by atoms with Gasteiger partial charge in [0.1, 0.15) is 12.3 Å². The van der Waals surface area contributed by atoms with Gasteiger partial charge in [-0.1, -0.05) is 42.5 Å². The number of para-hydroxylation sites is 1. The molecule has 2 atom stereocenters. The van der Waals surface area contributed by atoms with Crippen LogP contribution in [0, 0.1) is 0 Å². The van der Waals surface area contributed by atoms with Gasteiger partial charge >= 0.3 is 6.03 Å². The van der Waals surface area contributed by atoms with Crippen molar-refractivity contribution in [3.63, 3.8) is 0 Å². The maximum atomic E-state index is 13.6. The Morgan fingerprint density at radius 3 is 2.59 bits per heavy atom. The summed E-state index contributed by atoms with van der Waals surface area (Å²) in [6.45, 7) is 1.22. The number of thioether (sulfide) groups is 1. The molecule has 7 nitrogen and oxygen atoms in total. The van der Waals surface area contributed by atoms with Crippen molar-refractivity contribution in [3.05, 3.63) is 84.3 Å². The highest BCUT2D eigenvalue weighted by Gasteiger charge is 2.52. The molecule has 162 valence electrons. The number of benzene rings is 2. The Hall–Kier alpha value is -3.52. The molecule has 1 aromatic heterocycles. The molecule has 0 bridgehead atoms. The third kappa shape index (κ3) is 3.27. The number of anilines is 1. The molecule has 32 heavy (non-hydrogen) atoms. The van der Waals surface area contributed by atoms with E-state index in [0.29, 0.717) is 11.5 Å². The predicted molar refractivity (Wildman–Crippen MR) is 120 cm³/mol. The maximum Gasteiger partial charge on any atom is 0.325 e. The smallest absolute Gasteiger partial charge is 0.325 e. The van der Waals surface area contributed by atoms with Crippen LogP contribution in [0.15, 0.2) is 82.3 Å². The Morgan fingerprint density at radius 1 is 1.09 bits per heavy atom. The van der Waals surface area contributed by atoms with Crippen LogP contribution < -0.4 is 10.2 Å². The van der Waals surface area contributed by atoms with Crippen molar-refractivity contribution >= 4 is 35.3 Å². The molecule has 0 saturated carbocycles. The fraction of sp³-hybridized carbons (Fsp3) is 0.208. The third-order valence-corrected chi connectivity index (χ3v) is 7.01. The first kappa shape index (κ1) is 20.4. The predicted octanol–water partition coefficient (Wildman–Crippen LogP) is 3.93. The van der Waals surface area contributed by atoms with Gasteiger partial charge in [0.2, 0.25) is 5.91 Å². The number of hydrogen-bond acceptors (Lipinski definition) is 5. The van der Waals surface area contributed by atoms with Crippen LogP contribution in [0.4, 0.5) is 10.5 Å². The zero-order valence-electron chi connectivity index (χ0n) is 17.4. The number of hydrogen-bond donors (Lipinski definition) is 1. The molecule has 2 aromatic carbocycles. The largest absolute Gasteiger partial charge is 0.466 e. The van der Waals surface area contributed by atoms with Crippen LogP contribution in [-0.2, 0) is 15.1 Å². The number of carbonyl (C=O) groups is 3. The fourth-order valence-electron chi connectivity index (χ4n) is 4.20. The van der Waals surface area contributed by atoms with E-state index in [1.165, 1.54) is 6.26 Å². The average Bonchev–Trinajstić information content (AvgIpc) is 3.43. The summed E-state index contributed by atoms with van der Waals surface area (Å²) in [5, 5.41) is 2.67. The highest BCUT2D eigenvalue weighted by atomic mass is 32.2. The molecule has 0 spiro atoms. The summed E-state index contributed by atoms with van der Waals surface area (Å²) in [5.41, 5.74) is 0.443. The van der Waals surface area contributed by atoms with Gasteiger partial charge in [-0.05, 0) is 36.8 Å². The molecule has 2 aliphatic rings. The van der Waals surface area contributed by atoms with E-state index in [9.17, 15) is 14.4 Å². The van der Waals surface area contributed by atoms with Gasteiger partial charge in [-0.15, -0.1) is 11.8 Å². The lowest BCUT2D eigenvalue weighted by Gasteiger charge is -2.37. The lowest BCUT2D eigenvalue weighted by Crippen LogP contribution is -2.47. The van der Waals surface area contributed by atoms with Gasteiger partial charge in [0.25, 0.3) is 5.91 Å². The minimum absolute atomic E-state index is 0.208. The zero-order chi connectivity index (χ0) is 22.3. The monoisotopic (exact) mass is 447 g/mol. The van der Waals surface area contributed by atoms with Crippen molar-refractivity contribution in [2.45, 2.75) is 23.4 Å². The number of furan rings is 1. The lowest BCUT2D eigenvalue weighted by molar-refractivity contribution is -0.134. The molecule has 0 unspecified atom stereocenters. The number of nitrogens with zero attached hydrogens (tertiary/aromatic N) is 2. The zero-order valence-corrected chi connectivity index (χ0v) is 18.2. The molecule has 0 radical (unpaired) electrons. The molecule has 2 aliphatic heterocycles. The molecule has 1 N–H and O–H groups in total. The average molecular weight is 448 g/mol. The molecular weight excluding hydrogens is 426 g/mol. The van der Waals surface area contributed by atoms with Crippen molar-refractivity contribution in [1.29, 1.82) is 0 Å². The Balaban J connectivity index is 1.47. The van der Waals surface area contributed by atoms with Crippen molar-refractivity contribution in [3.8, 4) is 0 Å².